The van der Waals surface area contributed by atoms with E-state index in [1.165, 1.54) is 11.1 Å². The Hall–Kier alpha value is -1.02. The largest absolute Gasteiger partial charge is 0.487 e. The molecule has 2 rings (SSSR count). The van der Waals surface area contributed by atoms with E-state index in [1.54, 1.807) is 0 Å². The van der Waals surface area contributed by atoms with E-state index in [9.17, 15) is 0 Å². The molecule has 1 aromatic carbocycles. The normalized spacial score (nSPS) is 27.1. The van der Waals surface area contributed by atoms with E-state index in [-0.39, 0.29) is 11.1 Å². The molecule has 2 nitrogen and oxygen atoms in total. The fourth-order valence-corrected chi connectivity index (χ4v) is 3.05. The van der Waals surface area contributed by atoms with E-state index in [2.05, 4.69) is 46.8 Å². The van der Waals surface area contributed by atoms with Crippen molar-refractivity contribution in [3.05, 3.63) is 28.8 Å². The van der Waals surface area contributed by atoms with Crippen LogP contribution in [0.15, 0.2) is 12.1 Å². The lowest BCUT2D eigenvalue weighted by Gasteiger charge is -2.43. The van der Waals surface area contributed by atoms with Crippen molar-refractivity contribution >= 4 is 0 Å². The highest BCUT2D eigenvalue weighted by atomic mass is 16.5. The first-order valence-electron chi connectivity index (χ1n) is 5.81. The van der Waals surface area contributed by atoms with Crippen molar-refractivity contribution in [3.8, 4) is 5.75 Å². The summed E-state index contributed by atoms with van der Waals surface area (Å²) in [5.74, 6) is 0.957. The Morgan fingerprint density at radius 2 is 1.81 bits per heavy atom. The van der Waals surface area contributed by atoms with Gasteiger partial charge in [0.05, 0.1) is 0 Å². The molecule has 0 saturated heterocycles. The predicted octanol–water partition coefficient (Wildman–Crippen LogP) is 3.04. The molecule has 0 bridgehead atoms. The molecule has 0 radical (unpaired) electrons. The Morgan fingerprint density at radius 1 is 1.19 bits per heavy atom. The lowest BCUT2D eigenvalue weighted by atomic mass is 9.77. The van der Waals surface area contributed by atoms with Gasteiger partial charge in [0.1, 0.15) is 11.4 Å². The van der Waals surface area contributed by atoms with Gasteiger partial charge in [0.15, 0.2) is 0 Å². The Labute approximate surface area is 97.8 Å². The number of fused-ring (bicyclic) bond motifs is 1. The summed E-state index contributed by atoms with van der Waals surface area (Å²) in [7, 11) is 0. The summed E-state index contributed by atoms with van der Waals surface area (Å²) in [6.07, 6.45) is 0.844. The van der Waals surface area contributed by atoms with Crippen LogP contribution in [0.2, 0.25) is 0 Å². The summed E-state index contributed by atoms with van der Waals surface area (Å²) in [5.41, 5.74) is 9.58. The fraction of sp³-hybridized carbons (Fsp3) is 0.571. The quantitative estimate of drug-likeness (QED) is 0.728. The van der Waals surface area contributed by atoms with Crippen LogP contribution in [0.25, 0.3) is 0 Å². The summed E-state index contributed by atoms with van der Waals surface area (Å²) in [5, 5.41) is 0. The highest BCUT2D eigenvalue weighted by Gasteiger charge is 2.40. The lowest BCUT2D eigenvalue weighted by molar-refractivity contribution is 0.0499. The van der Waals surface area contributed by atoms with Gasteiger partial charge < -0.3 is 10.5 Å². The first kappa shape index (κ1) is 11.5. The number of rotatable bonds is 0. The van der Waals surface area contributed by atoms with Gasteiger partial charge in [0.25, 0.3) is 0 Å². The maximum atomic E-state index is 6.44. The Kier molecular flexibility index (Phi) is 2.32. The minimum absolute atomic E-state index is 0.184. The predicted molar refractivity (Wildman–Crippen MR) is 66.8 cm³/mol. The zero-order chi connectivity index (χ0) is 12.1. The van der Waals surface area contributed by atoms with E-state index in [0.29, 0.717) is 0 Å². The number of nitrogens with two attached hydrogens (primary N) is 1. The molecule has 0 aliphatic carbocycles. The van der Waals surface area contributed by atoms with E-state index in [0.717, 1.165) is 17.7 Å². The number of ether oxygens (including phenoxy) is 1. The molecule has 1 heterocycles. The second-order valence-electron chi connectivity index (χ2n) is 5.91. The second kappa shape index (κ2) is 3.24. The maximum Gasteiger partial charge on any atom is 0.125 e. The van der Waals surface area contributed by atoms with Gasteiger partial charge in [-0.2, -0.15) is 0 Å². The Bertz CT molecular complexity index is 433. The van der Waals surface area contributed by atoms with Crippen molar-refractivity contribution in [2.75, 3.05) is 0 Å². The van der Waals surface area contributed by atoms with Gasteiger partial charge in [0.2, 0.25) is 0 Å². The lowest BCUT2D eigenvalue weighted by Crippen LogP contribution is -2.48. The molecule has 1 aliphatic rings. The van der Waals surface area contributed by atoms with Crippen LogP contribution < -0.4 is 10.5 Å². The maximum absolute atomic E-state index is 6.44. The van der Waals surface area contributed by atoms with Gasteiger partial charge in [-0.3, -0.25) is 0 Å². The third-order valence-electron chi connectivity index (χ3n) is 3.19. The van der Waals surface area contributed by atoms with E-state index in [4.69, 9.17) is 10.5 Å². The highest BCUT2D eigenvalue weighted by molar-refractivity contribution is 5.49. The minimum atomic E-state index is -0.297. The third kappa shape index (κ3) is 1.82. The molecule has 2 N–H and O–H groups in total. The molecule has 1 atom stereocenters. The van der Waals surface area contributed by atoms with E-state index >= 15 is 0 Å². The monoisotopic (exact) mass is 219 g/mol. The molecule has 1 unspecified atom stereocenters. The Morgan fingerprint density at radius 3 is 2.44 bits per heavy atom. The van der Waals surface area contributed by atoms with Gasteiger partial charge in [-0.05, 0) is 51.8 Å². The summed E-state index contributed by atoms with van der Waals surface area (Å²) >= 11 is 0. The molecule has 0 amide bonds. The van der Waals surface area contributed by atoms with Crippen molar-refractivity contribution < 1.29 is 4.74 Å². The third-order valence-corrected chi connectivity index (χ3v) is 3.19. The van der Waals surface area contributed by atoms with Crippen LogP contribution in [0.3, 0.4) is 0 Å². The zero-order valence-corrected chi connectivity index (χ0v) is 10.8. The van der Waals surface area contributed by atoms with Crippen LogP contribution in [-0.4, -0.2) is 5.60 Å². The second-order valence-corrected chi connectivity index (χ2v) is 5.91. The minimum Gasteiger partial charge on any atom is -0.487 e. The van der Waals surface area contributed by atoms with Crippen LogP contribution >= 0.6 is 0 Å². The van der Waals surface area contributed by atoms with Crippen LogP contribution in [0.4, 0.5) is 0 Å². The molecule has 88 valence electrons. The fourth-order valence-electron chi connectivity index (χ4n) is 3.05. The molecule has 1 aromatic rings. The van der Waals surface area contributed by atoms with E-state index < -0.39 is 0 Å². The van der Waals surface area contributed by atoms with Gasteiger partial charge in [-0.15, -0.1) is 0 Å². The average Bonchev–Trinajstić information content (AvgIpc) is 1.94. The molecule has 0 saturated carbocycles. The number of benzene rings is 1. The molecular formula is C14H21NO. The SMILES string of the molecule is Cc1cc(C)c2c(c1)OC(C)(C)CC2(C)N. The van der Waals surface area contributed by atoms with Gasteiger partial charge in [-0.1, -0.05) is 6.07 Å². The zero-order valence-electron chi connectivity index (χ0n) is 10.8. The molecular weight excluding hydrogens is 198 g/mol. The summed E-state index contributed by atoms with van der Waals surface area (Å²) in [6, 6.07) is 4.26. The summed E-state index contributed by atoms with van der Waals surface area (Å²) in [4.78, 5) is 0. The van der Waals surface area contributed by atoms with Gasteiger partial charge >= 0.3 is 0 Å². The Balaban J connectivity index is 2.64. The van der Waals surface area contributed by atoms with Crippen molar-refractivity contribution in [3.63, 3.8) is 0 Å². The van der Waals surface area contributed by atoms with Crippen molar-refractivity contribution in [2.24, 2.45) is 5.73 Å². The van der Waals surface area contributed by atoms with Gasteiger partial charge in [0, 0.05) is 17.5 Å². The molecule has 0 spiro atoms. The molecule has 0 fully saturated rings. The topological polar surface area (TPSA) is 35.2 Å². The van der Waals surface area contributed by atoms with Gasteiger partial charge in [-0.25, -0.2) is 0 Å². The van der Waals surface area contributed by atoms with Crippen LogP contribution in [0.1, 0.15) is 43.9 Å². The first-order valence-corrected chi connectivity index (χ1v) is 5.81. The molecule has 0 aromatic heterocycles. The number of hydrogen-bond donors (Lipinski definition) is 1. The smallest absolute Gasteiger partial charge is 0.125 e. The van der Waals surface area contributed by atoms with Crippen LogP contribution in [0, 0.1) is 13.8 Å². The molecule has 2 heteroatoms. The number of aryl methyl sites for hydroxylation is 2. The standard InChI is InChI=1S/C14H21NO/c1-9-6-10(2)12-11(7-9)16-13(3,4)8-14(12,5)15/h6-7H,8,15H2,1-5H3. The van der Waals surface area contributed by atoms with Crippen molar-refractivity contribution in [1.29, 1.82) is 0 Å². The van der Waals surface area contributed by atoms with E-state index in [1.807, 2.05) is 0 Å². The van der Waals surface area contributed by atoms with Crippen molar-refractivity contribution in [2.45, 2.75) is 52.2 Å². The first-order chi connectivity index (χ1) is 7.21. The molecule has 1 aliphatic heterocycles. The van der Waals surface area contributed by atoms with Crippen LogP contribution in [0.5, 0.6) is 5.75 Å². The summed E-state index contributed by atoms with van der Waals surface area (Å²) < 4.78 is 6.04. The van der Waals surface area contributed by atoms with Crippen molar-refractivity contribution in [1.82, 2.24) is 0 Å². The highest BCUT2D eigenvalue weighted by Crippen LogP contribution is 2.43. The number of hydrogen-bond acceptors (Lipinski definition) is 2. The average molecular weight is 219 g/mol. The van der Waals surface area contributed by atoms with Crippen LogP contribution in [-0.2, 0) is 5.54 Å². The summed E-state index contributed by atoms with van der Waals surface area (Å²) in [6.45, 7) is 10.5. The molecule has 16 heavy (non-hydrogen) atoms.